The van der Waals surface area contributed by atoms with Crippen molar-refractivity contribution in [3.05, 3.63) is 34.6 Å². The highest BCUT2D eigenvalue weighted by atomic mass is 35.5. The van der Waals surface area contributed by atoms with E-state index in [9.17, 15) is 18.0 Å². The monoisotopic (exact) mass is 362 g/mol. The van der Waals surface area contributed by atoms with E-state index < -0.39 is 24.2 Å². The van der Waals surface area contributed by atoms with Crippen LogP contribution in [0.5, 0.6) is 0 Å². The lowest BCUT2D eigenvalue weighted by molar-refractivity contribution is 0.0119. The fraction of sp³-hybridized carbons (Fsp3) is 0.588. The summed E-state index contributed by atoms with van der Waals surface area (Å²) in [5.74, 6) is -3.81. The highest BCUT2D eigenvalue weighted by Gasteiger charge is 2.41. The average molecular weight is 363 g/mol. The zero-order chi connectivity index (χ0) is 16.6. The van der Waals surface area contributed by atoms with Crippen LogP contribution in [0.15, 0.2) is 12.1 Å². The van der Waals surface area contributed by atoms with Gasteiger partial charge in [0.15, 0.2) is 0 Å². The van der Waals surface area contributed by atoms with Crippen molar-refractivity contribution in [1.29, 1.82) is 0 Å². The first kappa shape index (κ1) is 19.1. The minimum Gasteiger partial charge on any atom is -0.332 e. The molecule has 0 spiro atoms. The summed E-state index contributed by atoms with van der Waals surface area (Å²) in [5.41, 5.74) is 1.35. The molecule has 2 heterocycles. The van der Waals surface area contributed by atoms with Crippen LogP contribution in [0.4, 0.5) is 13.2 Å². The van der Waals surface area contributed by atoms with Crippen LogP contribution in [-0.4, -0.2) is 42.9 Å². The van der Waals surface area contributed by atoms with Gasteiger partial charge in [-0.15, -0.1) is 12.4 Å². The van der Waals surface area contributed by atoms with E-state index in [4.69, 9.17) is 0 Å². The maximum absolute atomic E-state index is 14.5. The van der Waals surface area contributed by atoms with Crippen LogP contribution >= 0.6 is 12.4 Å². The van der Waals surface area contributed by atoms with Gasteiger partial charge in [-0.25, -0.2) is 13.2 Å². The van der Waals surface area contributed by atoms with Gasteiger partial charge in [0.2, 0.25) is 0 Å². The van der Waals surface area contributed by atoms with Gasteiger partial charge in [-0.2, -0.15) is 0 Å². The number of aryl methyl sites for hydroxylation is 1. The number of hydrogen-bond donors (Lipinski definition) is 1. The molecule has 0 aliphatic carbocycles. The molecule has 1 N–H and O–H groups in total. The van der Waals surface area contributed by atoms with Crippen LogP contribution in [-0.2, 0) is 0 Å². The number of rotatable bonds is 2. The first-order valence-electron chi connectivity index (χ1n) is 8.05. The molecule has 1 aromatic carbocycles. The highest BCUT2D eigenvalue weighted by Crippen LogP contribution is 2.31. The SMILES string of the molecule is Cc1cc(C2CCNCC2)cc(F)c1C(=O)N1CCC(F)(F)C1.Cl. The van der Waals surface area contributed by atoms with Gasteiger partial charge < -0.3 is 10.2 Å². The Kier molecular flexibility index (Phi) is 5.81. The molecule has 3 nitrogen and oxygen atoms in total. The van der Waals surface area contributed by atoms with Crippen molar-refractivity contribution in [3.63, 3.8) is 0 Å². The second kappa shape index (κ2) is 7.31. The molecule has 0 bridgehead atoms. The van der Waals surface area contributed by atoms with E-state index in [-0.39, 0.29) is 36.9 Å². The number of carbonyl (C=O) groups is 1. The van der Waals surface area contributed by atoms with E-state index in [1.807, 2.05) is 6.07 Å². The third-order valence-corrected chi connectivity index (χ3v) is 4.79. The van der Waals surface area contributed by atoms with Crippen LogP contribution in [0.1, 0.15) is 46.7 Å². The molecule has 7 heteroatoms. The van der Waals surface area contributed by atoms with Gasteiger partial charge >= 0.3 is 0 Å². The molecule has 134 valence electrons. The average Bonchev–Trinajstić information content (AvgIpc) is 2.87. The van der Waals surface area contributed by atoms with Crippen molar-refractivity contribution in [2.45, 2.75) is 38.0 Å². The van der Waals surface area contributed by atoms with Gasteiger partial charge in [0, 0.05) is 13.0 Å². The quantitative estimate of drug-likeness (QED) is 0.873. The lowest BCUT2D eigenvalue weighted by Gasteiger charge is -2.24. The highest BCUT2D eigenvalue weighted by molar-refractivity contribution is 5.96. The number of likely N-dealkylation sites (tertiary alicyclic amines) is 1. The molecule has 2 aliphatic heterocycles. The van der Waals surface area contributed by atoms with Gasteiger partial charge in [0.1, 0.15) is 5.82 Å². The third kappa shape index (κ3) is 3.86. The Bertz CT molecular complexity index is 595. The second-order valence-electron chi connectivity index (χ2n) is 6.55. The lowest BCUT2D eigenvalue weighted by Crippen LogP contribution is -2.32. The van der Waals surface area contributed by atoms with E-state index in [0.29, 0.717) is 5.56 Å². The predicted octanol–water partition coefficient (Wildman–Crippen LogP) is 3.50. The number of hydrogen-bond acceptors (Lipinski definition) is 2. The lowest BCUT2D eigenvalue weighted by atomic mass is 9.88. The molecular formula is C17H22ClF3N2O. The Labute approximate surface area is 146 Å². The van der Waals surface area contributed by atoms with Gasteiger partial charge in [-0.1, -0.05) is 6.07 Å². The largest absolute Gasteiger partial charge is 0.332 e. The van der Waals surface area contributed by atoms with Crippen LogP contribution in [0.25, 0.3) is 0 Å². The van der Waals surface area contributed by atoms with E-state index >= 15 is 0 Å². The number of benzene rings is 1. The summed E-state index contributed by atoms with van der Waals surface area (Å²) in [4.78, 5) is 13.5. The van der Waals surface area contributed by atoms with Gasteiger partial charge in [0.05, 0.1) is 12.1 Å². The van der Waals surface area contributed by atoms with E-state index in [1.165, 1.54) is 6.07 Å². The fourth-order valence-corrected chi connectivity index (χ4v) is 3.50. The Morgan fingerprint density at radius 2 is 1.96 bits per heavy atom. The Morgan fingerprint density at radius 3 is 2.50 bits per heavy atom. The van der Waals surface area contributed by atoms with E-state index in [2.05, 4.69) is 5.32 Å². The summed E-state index contributed by atoms with van der Waals surface area (Å²) in [5, 5.41) is 3.26. The molecule has 0 aromatic heterocycles. The third-order valence-electron chi connectivity index (χ3n) is 4.79. The molecule has 0 atom stereocenters. The van der Waals surface area contributed by atoms with E-state index in [0.717, 1.165) is 36.4 Å². The number of alkyl halides is 2. The number of carbonyl (C=O) groups excluding carboxylic acids is 1. The van der Waals surface area contributed by atoms with Gasteiger partial charge in [0.25, 0.3) is 11.8 Å². The summed E-state index contributed by atoms with van der Waals surface area (Å²) in [6.07, 6.45) is 1.52. The van der Waals surface area contributed by atoms with Crippen LogP contribution in [0.3, 0.4) is 0 Å². The molecule has 0 unspecified atom stereocenters. The smallest absolute Gasteiger partial charge is 0.267 e. The van der Waals surface area contributed by atoms with Crippen LogP contribution in [0.2, 0.25) is 0 Å². The second-order valence-corrected chi connectivity index (χ2v) is 6.55. The molecular weight excluding hydrogens is 341 g/mol. The maximum atomic E-state index is 14.5. The number of nitrogens with one attached hydrogen (secondary N) is 1. The van der Waals surface area contributed by atoms with Gasteiger partial charge in [-0.05, 0) is 56.0 Å². The van der Waals surface area contributed by atoms with Crippen molar-refractivity contribution >= 4 is 18.3 Å². The Hall–Kier alpha value is -1.27. The normalized spacial score (nSPS) is 20.8. The van der Waals surface area contributed by atoms with Crippen molar-refractivity contribution in [3.8, 4) is 0 Å². The summed E-state index contributed by atoms with van der Waals surface area (Å²) >= 11 is 0. The first-order chi connectivity index (χ1) is 10.9. The van der Waals surface area contributed by atoms with Crippen LogP contribution in [0, 0.1) is 12.7 Å². The molecule has 2 saturated heterocycles. The number of halogens is 4. The first-order valence-corrected chi connectivity index (χ1v) is 8.05. The molecule has 1 amide bonds. The number of amides is 1. The molecule has 3 rings (SSSR count). The molecule has 0 radical (unpaired) electrons. The molecule has 2 fully saturated rings. The summed E-state index contributed by atoms with van der Waals surface area (Å²) in [7, 11) is 0. The minimum absolute atomic E-state index is 0. The van der Waals surface area contributed by atoms with E-state index in [1.54, 1.807) is 6.92 Å². The summed E-state index contributed by atoms with van der Waals surface area (Å²) < 4.78 is 41.1. The Morgan fingerprint density at radius 1 is 1.29 bits per heavy atom. The zero-order valence-corrected chi connectivity index (χ0v) is 14.4. The molecule has 24 heavy (non-hydrogen) atoms. The standard InChI is InChI=1S/C17H21F3N2O.ClH/c1-11-8-13(12-2-5-21-6-3-12)9-14(18)15(11)16(23)22-7-4-17(19,20)10-22;/h8-9,12,21H,2-7,10H2,1H3;1H. The minimum atomic E-state index is -2.87. The van der Waals surface area contributed by atoms with Crippen LogP contribution < -0.4 is 5.32 Å². The predicted molar refractivity (Wildman–Crippen MR) is 88.7 cm³/mol. The fourth-order valence-electron chi connectivity index (χ4n) is 3.50. The number of piperidine rings is 1. The summed E-state index contributed by atoms with van der Waals surface area (Å²) in [6, 6.07) is 3.24. The van der Waals surface area contributed by atoms with Crippen molar-refractivity contribution in [2.75, 3.05) is 26.2 Å². The topological polar surface area (TPSA) is 32.3 Å². The number of nitrogens with zero attached hydrogens (tertiary/aromatic N) is 1. The molecule has 0 saturated carbocycles. The molecule has 2 aliphatic rings. The Balaban J connectivity index is 0.00000208. The summed E-state index contributed by atoms with van der Waals surface area (Å²) in [6.45, 7) is 2.82. The van der Waals surface area contributed by atoms with Crippen molar-refractivity contribution in [2.24, 2.45) is 0 Å². The maximum Gasteiger partial charge on any atom is 0.267 e. The van der Waals surface area contributed by atoms with Gasteiger partial charge in [-0.3, -0.25) is 4.79 Å². The molecule has 1 aromatic rings. The van der Waals surface area contributed by atoms with Crippen molar-refractivity contribution < 1.29 is 18.0 Å². The van der Waals surface area contributed by atoms with Crippen molar-refractivity contribution in [1.82, 2.24) is 10.2 Å². The zero-order valence-electron chi connectivity index (χ0n) is 13.6.